The minimum atomic E-state index is -0.480. The van der Waals surface area contributed by atoms with Gasteiger partial charge in [0.2, 0.25) is 0 Å². The van der Waals surface area contributed by atoms with Gasteiger partial charge in [0.25, 0.3) is 0 Å². The Morgan fingerprint density at radius 2 is 1.19 bits per heavy atom. The smallest absolute Gasteiger partial charge is 0.170 e. The fourth-order valence-corrected chi connectivity index (χ4v) is 9.12. The van der Waals surface area contributed by atoms with Crippen LogP contribution in [0.5, 0.6) is 0 Å². The van der Waals surface area contributed by atoms with Crippen LogP contribution in [-0.2, 0) is 0 Å². The van der Waals surface area contributed by atoms with Crippen molar-refractivity contribution in [1.29, 1.82) is 0 Å². The van der Waals surface area contributed by atoms with E-state index in [0.29, 0.717) is 0 Å². The molecule has 1 aliphatic heterocycles. The molecule has 0 amide bonds. The molecule has 10 aromatic rings. The van der Waals surface area contributed by atoms with Gasteiger partial charge in [-0.1, -0.05) is 133 Å². The van der Waals surface area contributed by atoms with Gasteiger partial charge in [-0.05, 0) is 24.3 Å². The molecule has 6 heteroatoms. The zero-order valence-corrected chi connectivity index (χ0v) is 28.6. The number of hydrogen-bond donors (Lipinski definition) is 1. The topological polar surface area (TPSA) is 62.8 Å². The highest BCUT2D eigenvalue weighted by Crippen LogP contribution is 2.46. The molecule has 11 rings (SSSR count). The second-order valence-electron chi connectivity index (χ2n) is 13.1. The van der Waals surface area contributed by atoms with Crippen LogP contribution in [0.2, 0.25) is 0 Å². The number of nitrogens with one attached hydrogen (secondary N) is 1. The highest BCUT2D eigenvalue weighted by molar-refractivity contribution is 7.26. The summed E-state index contributed by atoms with van der Waals surface area (Å²) in [5.41, 5.74) is 7.85. The summed E-state index contributed by atoms with van der Waals surface area (Å²) in [7, 11) is 0. The van der Waals surface area contributed by atoms with E-state index >= 15 is 0 Å². The number of amidine groups is 2. The van der Waals surface area contributed by atoms with E-state index in [1.165, 1.54) is 25.6 Å². The highest BCUT2D eigenvalue weighted by Gasteiger charge is 2.26. The average Bonchev–Trinajstić information content (AvgIpc) is 3.80. The Balaban J connectivity index is 1.18. The Morgan fingerprint density at radius 3 is 2.06 bits per heavy atom. The maximum atomic E-state index is 6.29. The number of pyridine rings is 1. The second kappa shape index (κ2) is 11.5. The van der Waals surface area contributed by atoms with Crippen LogP contribution in [0.3, 0.4) is 0 Å². The number of nitrogens with zero attached hydrogens (tertiary/aromatic N) is 3. The summed E-state index contributed by atoms with van der Waals surface area (Å²) in [6, 6.07) is 54.8. The quantitative estimate of drug-likeness (QED) is 0.188. The summed E-state index contributed by atoms with van der Waals surface area (Å²) >= 11 is 1.83. The number of hydrogen-bond acceptors (Lipinski definition) is 6. The zero-order chi connectivity index (χ0) is 34.2. The molecule has 0 saturated heterocycles. The lowest BCUT2D eigenvalue weighted by Gasteiger charge is -2.23. The van der Waals surface area contributed by atoms with E-state index in [9.17, 15) is 0 Å². The number of fused-ring (bicyclic) bond motifs is 10. The van der Waals surface area contributed by atoms with Crippen LogP contribution < -0.4 is 5.32 Å². The molecule has 0 spiro atoms. The summed E-state index contributed by atoms with van der Waals surface area (Å²) in [6.45, 7) is 0. The summed E-state index contributed by atoms with van der Waals surface area (Å²) in [6.07, 6.45) is -0.480. The fraction of sp³-hybridized carbons (Fsp3) is 0.0217. The van der Waals surface area contributed by atoms with Crippen LogP contribution in [0.15, 0.2) is 172 Å². The average molecular weight is 685 g/mol. The highest BCUT2D eigenvalue weighted by atomic mass is 32.1. The summed E-state index contributed by atoms with van der Waals surface area (Å²) < 4.78 is 8.74. The largest absolute Gasteiger partial charge is 0.456 e. The summed E-state index contributed by atoms with van der Waals surface area (Å²) in [5, 5.41) is 11.7. The monoisotopic (exact) mass is 684 g/mol. The van der Waals surface area contributed by atoms with Gasteiger partial charge in [-0.3, -0.25) is 0 Å². The second-order valence-corrected chi connectivity index (χ2v) is 14.2. The van der Waals surface area contributed by atoms with Gasteiger partial charge < -0.3 is 9.73 Å². The molecule has 5 nitrogen and oxygen atoms in total. The molecule has 7 aromatic carbocycles. The minimum absolute atomic E-state index is 0.480. The Labute approximate surface area is 302 Å². The van der Waals surface area contributed by atoms with E-state index < -0.39 is 6.17 Å². The van der Waals surface area contributed by atoms with Crippen molar-refractivity contribution in [3.8, 4) is 11.3 Å². The van der Waals surface area contributed by atoms with Gasteiger partial charge in [-0.2, -0.15) is 0 Å². The third-order valence-electron chi connectivity index (χ3n) is 10.1. The summed E-state index contributed by atoms with van der Waals surface area (Å²) in [4.78, 5) is 15.9. The van der Waals surface area contributed by atoms with Gasteiger partial charge in [0.1, 0.15) is 22.8 Å². The SMILES string of the molecule is c1ccc(C2=NC(c3cccc4sc5c(ccc6c(-c7ccccc7)nc7ccccc7c65)c34)N=C(c3cccc4oc5ccccc5c34)N2)cc1. The van der Waals surface area contributed by atoms with Gasteiger partial charge in [0.05, 0.1) is 11.2 Å². The van der Waals surface area contributed by atoms with E-state index in [1.54, 1.807) is 0 Å². The molecule has 0 saturated carbocycles. The van der Waals surface area contributed by atoms with Gasteiger partial charge in [0, 0.05) is 69.4 Å². The molecule has 1 unspecified atom stereocenters. The zero-order valence-electron chi connectivity index (χ0n) is 27.7. The Bertz CT molecular complexity index is 3110. The predicted molar refractivity (Wildman–Crippen MR) is 217 cm³/mol. The van der Waals surface area contributed by atoms with Crippen molar-refractivity contribution in [2.75, 3.05) is 0 Å². The van der Waals surface area contributed by atoms with Crippen LogP contribution in [0.1, 0.15) is 22.9 Å². The Kier molecular flexibility index (Phi) is 6.42. The number of aromatic nitrogens is 1. The van der Waals surface area contributed by atoms with E-state index in [0.717, 1.165) is 77.8 Å². The van der Waals surface area contributed by atoms with E-state index in [1.807, 2.05) is 53.8 Å². The molecule has 0 aliphatic carbocycles. The Hall–Kier alpha value is -6.63. The molecule has 0 fully saturated rings. The number of para-hydroxylation sites is 2. The number of thiophene rings is 1. The number of aliphatic imine (C=N–C) groups is 2. The fourth-order valence-electron chi connectivity index (χ4n) is 7.82. The lowest BCUT2D eigenvalue weighted by Crippen LogP contribution is -2.36. The van der Waals surface area contributed by atoms with E-state index in [2.05, 4.69) is 121 Å². The molecule has 0 radical (unpaired) electrons. The van der Waals surface area contributed by atoms with Gasteiger partial charge in [-0.15, -0.1) is 11.3 Å². The van der Waals surface area contributed by atoms with Crippen molar-refractivity contribution in [3.63, 3.8) is 0 Å². The maximum Gasteiger partial charge on any atom is 0.170 e. The molecule has 1 atom stereocenters. The maximum absolute atomic E-state index is 6.29. The van der Waals surface area contributed by atoms with Crippen molar-refractivity contribution in [2.24, 2.45) is 9.98 Å². The van der Waals surface area contributed by atoms with Crippen molar-refractivity contribution in [2.45, 2.75) is 6.17 Å². The lowest BCUT2D eigenvalue weighted by molar-refractivity contribution is 0.669. The van der Waals surface area contributed by atoms with Crippen LogP contribution in [0.25, 0.3) is 75.0 Å². The molecular formula is C46H28N4OS. The molecule has 4 heterocycles. The molecule has 1 N–H and O–H groups in total. The first kappa shape index (κ1) is 29.1. The van der Waals surface area contributed by atoms with Crippen molar-refractivity contribution in [1.82, 2.24) is 10.3 Å². The molecule has 0 bridgehead atoms. The standard InChI is InChI=1S/C46H28N4OS/c1-3-13-27(14-4-1)42-31-25-26-32-40-34(20-12-24-38(40)52-43(32)41(31)29-17-7-9-21-35(29)47-42)46-49-44(28-15-5-2-6-16-28)48-45(50-46)33-19-11-23-37-39(33)30-18-8-10-22-36(30)51-37/h1-26,46H,(H,48,49,50). The molecule has 1 aliphatic rings. The van der Waals surface area contributed by atoms with Crippen molar-refractivity contribution < 1.29 is 4.42 Å². The minimum Gasteiger partial charge on any atom is -0.456 e. The van der Waals surface area contributed by atoms with Crippen molar-refractivity contribution >= 4 is 86.8 Å². The number of rotatable bonds is 4. The van der Waals surface area contributed by atoms with E-state index in [-0.39, 0.29) is 0 Å². The molecule has 52 heavy (non-hydrogen) atoms. The first-order chi connectivity index (χ1) is 25.8. The number of furan rings is 1. The third-order valence-corrected chi connectivity index (χ3v) is 11.3. The van der Waals surface area contributed by atoms with Crippen LogP contribution in [-0.4, -0.2) is 16.7 Å². The van der Waals surface area contributed by atoms with Gasteiger partial charge in [0.15, 0.2) is 6.17 Å². The molecular weight excluding hydrogens is 657 g/mol. The van der Waals surface area contributed by atoms with Crippen LogP contribution in [0.4, 0.5) is 0 Å². The predicted octanol–water partition coefficient (Wildman–Crippen LogP) is 11.8. The van der Waals surface area contributed by atoms with Gasteiger partial charge in [-0.25, -0.2) is 15.0 Å². The normalized spacial score (nSPS) is 14.7. The first-order valence-corrected chi connectivity index (χ1v) is 18.2. The van der Waals surface area contributed by atoms with Crippen molar-refractivity contribution in [3.05, 3.63) is 174 Å². The van der Waals surface area contributed by atoms with E-state index in [4.69, 9.17) is 19.4 Å². The van der Waals surface area contributed by atoms with Crippen LogP contribution >= 0.6 is 11.3 Å². The number of benzene rings is 7. The van der Waals surface area contributed by atoms with Crippen LogP contribution in [0, 0.1) is 0 Å². The molecule has 3 aromatic heterocycles. The van der Waals surface area contributed by atoms with Gasteiger partial charge >= 0.3 is 0 Å². The summed E-state index contributed by atoms with van der Waals surface area (Å²) in [5.74, 6) is 1.55. The molecule has 244 valence electrons. The Morgan fingerprint density at radius 1 is 0.500 bits per heavy atom. The first-order valence-electron chi connectivity index (χ1n) is 17.4. The third kappa shape index (κ3) is 4.44. The lowest BCUT2D eigenvalue weighted by atomic mass is 9.96.